The number of rotatable bonds is 7. The molecular formula is C15H23ClN2O. The Morgan fingerprint density at radius 2 is 2.11 bits per heavy atom. The predicted octanol–water partition coefficient (Wildman–Crippen LogP) is 3.11. The van der Waals surface area contributed by atoms with Gasteiger partial charge in [0.15, 0.2) is 0 Å². The maximum atomic E-state index is 11.8. The normalized spacial score (nSPS) is 11.4. The van der Waals surface area contributed by atoms with Gasteiger partial charge in [0, 0.05) is 18.0 Å². The van der Waals surface area contributed by atoms with Crippen molar-refractivity contribution in [2.24, 2.45) is 11.1 Å². The zero-order valence-electron chi connectivity index (χ0n) is 11.7. The van der Waals surface area contributed by atoms with Crippen LogP contribution >= 0.6 is 11.6 Å². The van der Waals surface area contributed by atoms with Crippen LogP contribution in [-0.4, -0.2) is 12.5 Å². The summed E-state index contributed by atoms with van der Waals surface area (Å²) in [4.78, 5) is 11.8. The average molecular weight is 283 g/mol. The summed E-state index contributed by atoms with van der Waals surface area (Å²) in [6, 6.07) is 7.51. The van der Waals surface area contributed by atoms with Crippen LogP contribution in [0.5, 0.6) is 0 Å². The van der Waals surface area contributed by atoms with Crippen molar-refractivity contribution in [3.8, 4) is 0 Å². The first-order valence-electron chi connectivity index (χ1n) is 6.64. The molecule has 0 aliphatic rings. The molecule has 0 aliphatic carbocycles. The van der Waals surface area contributed by atoms with Crippen molar-refractivity contribution < 1.29 is 4.79 Å². The van der Waals surface area contributed by atoms with E-state index in [9.17, 15) is 4.79 Å². The largest absolute Gasteiger partial charge is 0.352 e. The number of benzene rings is 1. The third-order valence-corrected chi connectivity index (χ3v) is 3.46. The molecule has 106 valence electrons. The molecule has 19 heavy (non-hydrogen) atoms. The molecule has 3 nitrogen and oxygen atoms in total. The molecule has 0 aliphatic heterocycles. The second kappa shape index (κ2) is 7.51. The standard InChI is InChI=1S/C15H23ClN2O/c1-15(2,8-9-17)7-6-14(19)18-11-12-4-3-5-13(16)10-12/h3-5,10H,6-9,11,17H2,1-2H3,(H,18,19). The van der Waals surface area contributed by atoms with E-state index in [0.29, 0.717) is 24.5 Å². The molecule has 0 aromatic heterocycles. The molecule has 0 unspecified atom stereocenters. The van der Waals surface area contributed by atoms with Crippen LogP contribution < -0.4 is 11.1 Å². The number of carbonyl (C=O) groups is 1. The lowest BCUT2D eigenvalue weighted by Crippen LogP contribution is -2.25. The van der Waals surface area contributed by atoms with Gasteiger partial charge in [0.25, 0.3) is 0 Å². The van der Waals surface area contributed by atoms with E-state index in [-0.39, 0.29) is 11.3 Å². The van der Waals surface area contributed by atoms with Gasteiger partial charge < -0.3 is 11.1 Å². The van der Waals surface area contributed by atoms with Crippen LogP contribution in [0.1, 0.15) is 38.7 Å². The molecular weight excluding hydrogens is 260 g/mol. The lowest BCUT2D eigenvalue weighted by atomic mass is 9.84. The Morgan fingerprint density at radius 3 is 2.74 bits per heavy atom. The fourth-order valence-corrected chi connectivity index (χ4v) is 2.12. The molecule has 0 saturated carbocycles. The Bertz CT molecular complexity index is 418. The number of amides is 1. The Kier molecular flexibility index (Phi) is 6.32. The molecule has 0 spiro atoms. The number of carbonyl (C=O) groups excluding carboxylic acids is 1. The quantitative estimate of drug-likeness (QED) is 0.807. The Balaban J connectivity index is 2.32. The van der Waals surface area contributed by atoms with Gasteiger partial charge in [-0.25, -0.2) is 0 Å². The average Bonchev–Trinajstić information content (AvgIpc) is 2.34. The molecule has 1 rings (SSSR count). The van der Waals surface area contributed by atoms with Crippen molar-refractivity contribution >= 4 is 17.5 Å². The molecule has 0 heterocycles. The number of nitrogens with two attached hydrogens (primary N) is 1. The van der Waals surface area contributed by atoms with Crippen LogP contribution in [0.15, 0.2) is 24.3 Å². The van der Waals surface area contributed by atoms with Gasteiger partial charge in [0.1, 0.15) is 0 Å². The molecule has 0 radical (unpaired) electrons. The molecule has 1 aromatic rings. The lowest BCUT2D eigenvalue weighted by molar-refractivity contribution is -0.121. The van der Waals surface area contributed by atoms with Crippen molar-refractivity contribution in [2.75, 3.05) is 6.54 Å². The van der Waals surface area contributed by atoms with Crippen LogP contribution in [0.4, 0.5) is 0 Å². The number of hydrogen-bond donors (Lipinski definition) is 2. The van der Waals surface area contributed by atoms with Crippen molar-refractivity contribution in [1.82, 2.24) is 5.32 Å². The van der Waals surface area contributed by atoms with E-state index in [2.05, 4.69) is 19.2 Å². The Morgan fingerprint density at radius 1 is 1.37 bits per heavy atom. The van der Waals surface area contributed by atoms with Crippen molar-refractivity contribution in [2.45, 2.75) is 39.7 Å². The minimum Gasteiger partial charge on any atom is -0.352 e. The van der Waals surface area contributed by atoms with E-state index in [1.54, 1.807) is 0 Å². The summed E-state index contributed by atoms with van der Waals surface area (Å²) in [7, 11) is 0. The first-order valence-corrected chi connectivity index (χ1v) is 7.02. The topological polar surface area (TPSA) is 55.1 Å². The SMILES string of the molecule is CC(C)(CCN)CCC(=O)NCc1cccc(Cl)c1. The highest BCUT2D eigenvalue weighted by Crippen LogP contribution is 2.25. The number of halogens is 1. The van der Waals surface area contributed by atoms with E-state index in [1.165, 1.54) is 0 Å². The van der Waals surface area contributed by atoms with Gasteiger partial charge in [0.2, 0.25) is 5.91 Å². The fourth-order valence-electron chi connectivity index (χ4n) is 1.90. The fraction of sp³-hybridized carbons (Fsp3) is 0.533. The second-order valence-corrected chi connectivity index (χ2v) is 6.05. The molecule has 0 saturated heterocycles. The van der Waals surface area contributed by atoms with E-state index < -0.39 is 0 Å². The Hall–Kier alpha value is -1.06. The van der Waals surface area contributed by atoms with Crippen LogP contribution in [-0.2, 0) is 11.3 Å². The maximum absolute atomic E-state index is 11.8. The highest BCUT2D eigenvalue weighted by molar-refractivity contribution is 6.30. The number of hydrogen-bond acceptors (Lipinski definition) is 2. The van der Waals surface area contributed by atoms with Crippen molar-refractivity contribution in [3.05, 3.63) is 34.9 Å². The smallest absolute Gasteiger partial charge is 0.220 e. The van der Waals surface area contributed by atoms with Gasteiger partial charge in [-0.2, -0.15) is 0 Å². The molecule has 0 bridgehead atoms. The molecule has 0 fully saturated rings. The monoisotopic (exact) mass is 282 g/mol. The van der Waals surface area contributed by atoms with Gasteiger partial charge in [-0.1, -0.05) is 37.6 Å². The second-order valence-electron chi connectivity index (χ2n) is 5.61. The van der Waals surface area contributed by atoms with E-state index in [1.807, 2.05) is 24.3 Å². The van der Waals surface area contributed by atoms with Gasteiger partial charge in [-0.05, 0) is 42.5 Å². The third kappa shape index (κ3) is 6.60. The highest BCUT2D eigenvalue weighted by atomic mass is 35.5. The van der Waals surface area contributed by atoms with Crippen LogP contribution in [0.3, 0.4) is 0 Å². The van der Waals surface area contributed by atoms with E-state index >= 15 is 0 Å². The van der Waals surface area contributed by atoms with Crippen LogP contribution in [0.2, 0.25) is 5.02 Å². The summed E-state index contributed by atoms with van der Waals surface area (Å²) < 4.78 is 0. The zero-order chi connectivity index (χ0) is 14.3. The number of nitrogens with one attached hydrogen (secondary N) is 1. The Labute approximate surface area is 120 Å². The van der Waals surface area contributed by atoms with Gasteiger partial charge in [0.05, 0.1) is 0 Å². The van der Waals surface area contributed by atoms with E-state index in [0.717, 1.165) is 18.4 Å². The first-order chi connectivity index (χ1) is 8.93. The van der Waals surface area contributed by atoms with E-state index in [4.69, 9.17) is 17.3 Å². The minimum absolute atomic E-state index is 0.0741. The van der Waals surface area contributed by atoms with Crippen LogP contribution in [0.25, 0.3) is 0 Å². The summed E-state index contributed by atoms with van der Waals surface area (Å²) in [5, 5.41) is 3.60. The summed E-state index contributed by atoms with van der Waals surface area (Å²) >= 11 is 5.89. The zero-order valence-corrected chi connectivity index (χ0v) is 12.5. The summed E-state index contributed by atoms with van der Waals surface area (Å²) in [5.74, 6) is 0.0741. The molecule has 3 N–H and O–H groups in total. The molecule has 4 heteroatoms. The minimum atomic E-state index is 0.0741. The third-order valence-electron chi connectivity index (χ3n) is 3.23. The van der Waals surface area contributed by atoms with Gasteiger partial charge in [-0.15, -0.1) is 0 Å². The van der Waals surface area contributed by atoms with Crippen LogP contribution in [0, 0.1) is 5.41 Å². The summed E-state index contributed by atoms with van der Waals surface area (Å²) in [5.41, 5.74) is 6.70. The van der Waals surface area contributed by atoms with Gasteiger partial charge in [-0.3, -0.25) is 4.79 Å². The molecule has 1 aromatic carbocycles. The summed E-state index contributed by atoms with van der Waals surface area (Å²) in [6.07, 6.45) is 2.33. The maximum Gasteiger partial charge on any atom is 0.220 e. The molecule has 1 amide bonds. The summed E-state index contributed by atoms with van der Waals surface area (Å²) in [6.45, 7) is 5.47. The van der Waals surface area contributed by atoms with Crippen molar-refractivity contribution in [3.63, 3.8) is 0 Å². The first kappa shape index (κ1) is 16.0. The van der Waals surface area contributed by atoms with Gasteiger partial charge >= 0.3 is 0 Å². The highest BCUT2D eigenvalue weighted by Gasteiger charge is 2.18. The predicted molar refractivity (Wildman–Crippen MR) is 80.0 cm³/mol. The van der Waals surface area contributed by atoms with Crippen molar-refractivity contribution in [1.29, 1.82) is 0 Å². The lowest BCUT2D eigenvalue weighted by Gasteiger charge is -2.23. The molecule has 0 atom stereocenters.